The van der Waals surface area contributed by atoms with Gasteiger partial charge in [-0.15, -0.1) is 0 Å². The Morgan fingerprint density at radius 2 is 2.00 bits per heavy atom. The molecule has 4 nitrogen and oxygen atoms in total. The molecule has 0 atom stereocenters. The molecule has 2 aromatic rings. The summed E-state index contributed by atoms with van der Waals surface area (Å²) in [6, 6.07) is 3.61. The van der Waals surface area contributed by atoms with Crippen LogP contribution in [0, 0.1) is 6.92 Å². The van der Waals surface area contributed by atoms with Gasteiger partial charge < -0.3 is 4.57 Å². The summed E-state index contributed by atoms with van der Waals surface area (Å²) in [7, 11) is -3.14. The Morgan fingerprint density at radius 1 is 1.39 bits per heavy atom. The molecular formula is C10H9ClF2N2O2S. The van der Waals surface area contributed by atoms with Crippen molar-refractivity contribution < 1.29 is 17.2 Å². The van der Waals surface area contributed by atoms with Gasteiger partial charge in [-0.3, -0.25) is 0 Å². The highest BCUT2D eigenvalue weighted by Gasteiger charge is 2.44. The first kappa shape index (κ1) is 13.2. The molecule has 0 aliphatic rings. The molecule has 0 fully saturated rings. The lowest BCUT2D eigenvalue weighted by molar-refractivity contribution is 0.187. The monoisotopic (exact) mass is 294 g/mol. The fraction of sp³-hybridized carbons (Fsp3) is 0.300. The number of aromatic nitrogens is 2. The Kier molecular flexibility index (Phi) is 2.86. The third-order valence-electron chi connectivity index (χ3n) is 2.69. The van der Waals surface area contributed by atoms with Gasteiger partial charge in [0.25, 0.3) is 9.84 Å². The van der Waals surface area contributed by atoms with E-state index in [1.165, 1.54) is 6.07 Å². The number of halogens is 3. The first-order chi connectivity index (χ1) is 8.14. The average molecular weight is 295 g/mol. The Hall–Kier alpha value is -1.21. The summed E-state index contributed by atoms with van der Waals surface area (Å²) < 4.78 is 46.0. The fourth-order valence-corrected chi connectivity index (χ4v) is 2.65. The minimum atomic E-state index is -4.89. The smallest absolute Gasteiger partial charge is 0.331 e. The Balaban J connectivity index is 2.69. The van der Waals surface area contributed by atoms with Crippen molar-refractivity contribution >= 4 is 32.5 Å². The van der Waals surface area contributed by atoms with E-state index in [1.807, 2.05) is 0 Å². The van der Waals surface area contributed by atoms with E-state index in [1.54, 1.807) is 18.5 Å². The maximum atomic E-state index is 12.8. The predicted molar refractivity (Wildman–Crippen MR) is 63.4 cm³/mol. The zero-order valence-electron chi connectivity index (χ0n) is 9.49. The maximum absolute atomic E-state index is 12.8. The highest BCUT2D eigenvalue weighted by Crippen LogP contribution is 2.33. The lowest BCUT2D eigenvalue weighted by Crippen LogP contribution is -2.21. The third-order valence-corrected chi connectivity index (χ3v) is 4.78. The minimum absolute atomic E-state index is 0.331. The number of imidazole rings is 1. The van der Waals surface area contributed by atoms with Crippen LogP contribution in [0.2, 0.25) is 0 Å². The van der Waals surface area contributed by atoms with Crippen LogP contribution in [-0.4, -0.2) is 22.7 Å². The lowest BCUT2D eigenvalue weighted by atomic mass is 10.3. The molecule has 0 saturated heterocycles. The van der Waals surface area contributed by atoms with E-state index in [4.69, 9.17) is 0 Å². The quantitative estimate of drug-likeness (QED) is 0.800. The summed E-state index contributed by atoms with van der Waals surface area (Å²) in [5.41, 5.74) is 0.987. The fourth-order valence-electron chi connectivity index (χ4n) is 1.60. The van der Waals surface area contributed by atoms with Crippen molar-refractivity contribution in [2.75, 3.05) is 0 Å². The number of alkyl halides is 3. The summed E-state index contributed by atoms with van der Waals surface area (Å²) >= 11 is 4.60. The van der Waals surface area contributed by atoms with E-state index in [2.05, 4.69) is 16.6 Å². The van der Waals surface area contributed by atoms with Crippen molar-refractivity contribution in [3.63, 3.8) is 0 Å². The number of sulfone groups is 1. The second kappa shape index (κ2) is 3.89. The van der Waals surface area contributed by atoms with Gasteiger partial charge in [-0.05, 0) is 36.7 Å². The number of fused-ring (bicyclic) bond motifs is 1. The van der Waals surface area contributed by atoms with Gasteiger partial charge in [-0.1, -0.05) is 0 Å². The van der Waals surface area contributed by atoms with Crippen molar-refractivity contribution in [2.24, 2.45) is 7.05 Å². The Morgan fingerprint density at radius 3 is 2.56 bits per heavy atom. The van der Waals surface area contributed by atoms with Crippen LogP contribution in [0.15, 0.2) is 23.1 Å². The molecule has 0 radical (unpaired) electrons. The van der Waals surface area contributed by atoms with Crippen LogP contribution in [0.3, 0.4) is 0 Å². The lowest BCUT2D eigenvalue weighted by Gasteiger charge is -2.09. The Labute approximate surface area is 107 Å². The highest BCUT2D eigenvalue weighted by atomic mass is 35.5. The second-order valence-electron chi connectivity index (χ2n) is 3.82. The minimum Gasteiger partial charge on any atom is -0.331 e. The van der Waals surface area contributed by atoms with Crippen LogP contribution in [0.4, 0.5) is 8.78 Å². The first-order valence-electron chi connectivity index (χ1n) is 4.89. The molecule has 1 aromatic heterocycles. The second-order valence-corrected chi connectivity index (χ2v) is 6.51. The zero-order valence-corrected chi connectivity index (χ0v) is 11.1. The van der Waals surface area contributed by atoms with Crippen molar-refractivity contribution in [2.45, 2.75) is 16.5 Å². The highest BCUT2D eigenvalue weighted by molar-refractivity contribution is 7.93. The third kappa shape index (κ3) is 1.87. The standard InChI is InChI=1S/C10H9ClF2N2O2S/c1-6-14-8-5-7(3-4-9(8)15(6)2)18(16,17)10(11,12)13/h3-5H,1-2H3. The summed E-state index contributed by atoms with van der Waals surface area (Å²) in [5.74, 6) is 0.650. The summed E-state index contributed by atoms with van der Waals surface area (Å²) in [4.78, 5) is 3.53. The summed E-state index contributed by atoms with van der Waals surface area (Å²) in [5, 5.41) is 0. The van der Waals surface area contributed by atoms with Crippen molar-refractivity contribution in [1.82, 2.24) is 9.55 Å². The molecule has 0 saturated carbocycles. The largest absolute Gasteiger partial charge is 0.427 e. The van der Waals surface area contributed by atoms with Gasteiger partial charge in [-0.25, -0.2) is 13.4 Å². The van der Waals surface area contributed by atoms with Gasteiger partial charge in [0.2, 0.25) is 0 Å². The zero-order chi connectivity index (χ0) is 13.7. The predicted octanol–water partition coefficient (Wildman–Crippen LogP) is 2.44. The molecule has 0 amide bonds. The molecule has 0 unspecified atom stereocenters. The van der Waals surface area contributed by atoms with Crippen molar-refractivity contribution in [3.8, 4) is 0 Å². The molecule has 0 aliphatic heterocycles. The normalized spacial score (nSPS) is 13.2. The van der Waals surface area contributed by atoms with Gasteiger partial charge >= 0.3 is 4.71 Å². The molecule has 98 valence electrons. The van der Waals surface area contributed by atoms with Gasteiger partial charge in [0.1, 0.15) is 5.82 Å². The maximum Gasteiger partial charge on any atom is 0.427 e. The molecule has 8 heteroatoms. The number of nitrogens with zero attached hydrogens (tertiary/aromatic N) is 2. The molecule has 1 aromatic carbocycles. The van der Waals surface area contributed by atoms with Gasteiger partial charge in [0, 0.05) is 7.05 Å². The topological polar surface area (TPSA) is 52.0 Å². The van der Waals surface area contributed by atoms with Crippen molar-refractivity contribution in [3.05, 3.63) is 24.0 Å². The van der Waals surface area contributed by atoms with E-state index in [9.17, 15) is 17.2 Å². The number of aryl methyl sites for hydroxylation is 2. The molecule has 2 rings (SSSR count). The average Bonchev–Trinajstić information content (AvgIpc) is 2.53. The molecule has 0 N–H and O–H groups in total. The summed E-state index contributed by atoms with van der Waals surface area (Å²) in [6.45, 7) is 1.73. The van der Waals surface area contributed by atoms with Crippen LogP contribution in [0.5, 0.6) is 0 Å². The Bertz CT molecular complexity index is 719. The van der Waals surface area contributed by atoms with E-state index in [-0.39, 0.29) is 0 Å². The molecule has 0 bridgehead atoms. The van der Waals surface area contributed by atoms with E-state index < -0.39 is 19.4 Å². The molecule has 0 spiro atoms. The van der Waals surface area contributed by atoms with Crippen LogP contribution in [-0.2, 0) is 16.9 Å². The van der Waals surface area contributed by atoms with Crippen LogP contribution >= 0.6 is 11.6 Å². The van der Waals surface area contributed by atoms with Crippen LogP contribution in [0.1, 0.15) is 5.82 Å². The van der Waals surface area contributed by atoms with Gasteiger partial charge in [-0.2, -0.15) is 8.78 Å². The molecule has 18 heavy (non-hydrogen) atoms. The number of benzene rings is 1. The molecular weight excluding hydrogens is 286 g/mol. The number of rotatable bonds is 2. The van der Waals surface area contributed by atoms with E-state index >= 15 is 0 Å². The molecule has 1 heterocycles. The van der Waals surface area contributed by atoms with E-state index in [0.717, 1.165) is 12.1 Å². The van der Waals surface area contributed by atoms with Crippen LogP contribution < -0.4 is 0 Å². The van der Waals surface area contributed by atoms with Crippen molar-refractivity contribution in [1.29, 1.82) is 0 Å². The van der Waals surface area contributed by atoms with Gasteiger partial charge in [0.15, 0.2) is 0 Å². The van der Waals surface area contributed by atoms with Gasteiger partial charge in [0.05, 0.1) is 15.9 Å². The first-order valence-corrected chi connectivity index (χ1v) is 6.75. The summed E-state index contributed by atoms with van der Waals surface area (Å²) in [6.07, 6.45) is 0. The van der Waals surface area contributed by atoms with Crippen LogP contribution in [0.25, 0.3) is 11.0 Å². The SMILES string of the molecule is Cc1nc2cc(S(=O)(=O)C(F)(F)Cl)ccc2n1C. The van der Waals surface area contributed by atoms with E-state index in [0.29, 0.717) is 16.9 Å². The molecule has 0 aliphatic carbocycles. The number of hydrogen-bond acceptors (Lipinski definition) is 3. The number of hydrogen-bond donors (Lipinski definition) is 0.